The number of β-amino-alcohol motifs (C(OH)–C–C–N with tert-alkyl or cyclic N) is 1. The molecule has 0 aromatic heterocycles. The Labute approximate surface area is 66.0 Å². The average molecular weight is 153 g/mol. The van der Waals surface area contributed by atoms with Crippen LogP contribution >= 0.6 is 0 Å². The summed E-state index contributed by atoms with van der Waals surface area (Å²) < 4.78 is 0. The van der Waals surface area contributed by atoms with Crippen molar-refractivity contribution in [2.75, 3.05) is 13.1 Å². The Kier molecular flexibility index (Phi) is 1.88. The molecule has 1 saturated heterocycles. The van der Waals surface area contributed by atoms with Crippen LogP contribution in [-0.2, 0) is 4.79 Å². The van der Waals surface area contributed by atoms with Gasteiger partial charge in [-0.15, -0.1) is 6.42 Å². The summed E-state index contributed by atoms with van der Waals surface area (Å²) in [6.07, 6.45) is 5.09. The molecule has 0 aromatic rings. The van der Waals surface area contributed by atoms with Crippen LogP contribution in [0.2, 0.25) is 0 Å². The normalized spacial score (nSPS) is 20.3. The highest BCUT2D eigenvalue weighted by molar-refractivity contribution is 5.79. The monoisotopic (exact) mass is 153 g/mol. The van der Waals surface area contributed by atoms with E-state index in [0.29, 0.717) is 13.1 Å². The summed E-state index contributed by atoms with van der Waals surface area (Å²) in [5.41, 5.74) is -0.690. The molecule has 0 radical (unpaired) electrons. The van der Waals surface area contributed by atoms with Gasteiger partial charge in [0.1, 0.15) is 0 Å². The highest BCUT2D eigenvalue weighted by Gasteiger charge is 2.38. The van der Waals surface area contributed by atoms with Gasteiger partial charge in [-0.3, -0.25) is 4.79 Å². The van der Waals surface area contributed by atoms with Crippen molar-refractivity contribution in [2.45, 2.75) is 18.9 Å². The van der Waals surface area contributed by atoms with Crippen LogP contribution < -0.4 is 0 Å². The number of likely N-dealkylation sites (tertiary alicyclic amines) is 1. The molecule has 0 saturated carbocycles. The fraction of sp³-hybridized carbons (Fsp3) is 0.625. The minimum absolute atomic E-state index is 0.0703. The Bertz CT molecular complexity index is 207. The Hall–Kier alpha value is -1.01. The Morgan fingerprint density at radius 2 is 2.36 bits per heavy atom. The second-order valence-electron chi connectivity index (χ2n) is 3.13. The minimum Gasteiger partial charge on any atom is -0.386 e. The lowest BCUT2D eigenvalue weighted by Crippen LogP contribution is -2.61. The molecule has 11 heavy (non-hydrogen) atoms. The van der Waals surface area contributed by atoms with Gasteiger partial charge < -0.3 is 10.0 Å². The summed E-state index contributed by atoms with van der Waals surface area (Å²) in [5.74, 6) is 2.20. The van der Waals surface area contributed by atoms with Gasteiger partial charge in [-0.2, -0.15) is 0 Å². The molecule has 1 amide bonds. The molecule has 0 spiro atoms. The fourth-order valence-corrected chi connectivity index (χ4v) is 1.15. The first-order valence-electron chi connectivity index (χ1n) is 3.49. The van der Waals surface area contributed by atoms with Gasteiger partial charge in [0.2, 0.25) is 5.91 Å². The van der Waals surface area contributed by atoms with Crippen LogP contribution in [0.1, 0.15) is 13.3 Å². The van der Waals surface area contributed by atoms with Gasteiger partial charge >= 0.3 is 0 Å². The smallest absolute Gasteiger partial charge is 0.234 e. The van der Waals surface area contributed by atoms with Crippen molar-refractivity contribution >= 4 is 5.91 Å². The SMILES string of the molecule is C#CCC(=O)N1CC(C)(O)C1. The zero-order valence-electron chi connectivity index (χ0n) is 6.50. The molecule has 0 bridgehead atoms. The molecular formula is C8H11NO2. The average Bonchev–Trinajstić information content (AvgIpc) is 1.83. The van der Waals surface area contributed by atoms with Gasteiger partial charge in [-0.1, -0.05) is 5.92 Å². The molecular weight excluding hydrogens is 142 g/mol. The molecule has 1 aliphatic heterocycles. The van der Waals surface area contributed by atoms with Gasteiger partial charge in [0.15, 0.2) is 0 Å². The van der Waals surface area contributed by atoms with Gasteiger partial charge in [0.05, 0.1) is 25.1 Å². The van der Waals surface area contributed by atoms with Crippen LogP contribution in [-0.4, -0.2) is 34.6 Å². The van der Waals surface area contributed by atoms with Crippen molar-refractivity contribution in [3.8, 4) is 12.3 Å². The van der Waals surface area contributed by atoms with Crippen LogP contribution in [0, 0.1) is 12.3 Å². The lowest BCUT2D eigenvalue weighted by Gasteiger charge is -2.43. The van der Waals surface area contributed by atoms with Crippen molar-refractivity contribution in [3.63, 3.8) is 0 Å². The lowest BCUT2D eigenvalue weighted by atomic mass is 9.97. The molecule has 0 unspecified atom stereocenters. The fourth-order valence-electron chi connectivity index (χ4n) is 1.15. The molecule has 3 heteroatoms. The molecule has 0 atom stereocenters. The first-order valence-corrected chi connectivity index (χ1v) is 3.49. The molecule has 1 rings (SSSR count). The summed E-state index contributed by atoms with van der Waals surface area (Å²) >= 11 is 0. The van der Waals surface area contributed by atoms with Gasteiger partial charge in [0.25, 0.3) is 0 Å². The number of hydrogen-bond acceptors (Lipinski definition) is 2. The number of aliphatic hydroxyl groups is 1. The van der Waals surface area contributed by atoms with E-state index in [1.54, 1.807) is 11.8 Å². The maximum absolute atomic E-state index is 11.0. The van der Waals surface area contributed by atoms with E-state index in [9.17, 15) is 9.90 Å². The quantitative estimate of drug-likeness (QED) is 0.521. The van der Waals surface area contributed by atoms with E-state index in [1.165, 1.54) is 0 Å². The maximum Gasteiger partial charge on any atom is 0.234 e. The summed E-state index contributed by atoms with van der Waals surface area (Å²) in [7, 11) is 0. The summed E-state index contributed by atoms with van der Waals surface area (Å²) in [6, 6.07) is 0. The third-order valence-corrected chi connectivity index (χ3v) is 1.67. The molecule has 1 N–H and O–H groups in total. The highest BCUT2D eigenvalue weighted by Crippen LogP contribution is 2.19. The minimum atomic E-state index is -0.690. The van der Waals surface area contributed by atoms with Crippen molar-refractivity contribution in [1.29, 1.82) is 0 Å². The molecule has 1 aliphatic rings. The van der Waals surface area contributed by atoms with Crippen LogP contribution in [0.25, 0.3) is 0 Å². The lowest BCUT2D eigenvalue weighted by molar-refractivity contribution is -0.151. The third-order valence-electron chi connectivity index (χ3n) is 1.67. The number of carbonyl (C=O) groups is 1. The summed E-state index contributed by atoms with van der Waals surface area (Å²) in [4.78, 5) is 12.5. The maximum atomic E-state index is 11.0. The zero-order chi connectivity index (χ0) is 8.48. The summed E-state index contributed by atoms with van der Waals surface area (Å²) in [5, 5.41) is 9.26. The topological polar surface area (TPSA) is 40.5 Å². The zero-order valence-corrected chi connectivity index (χ0v) is 6.50. The Morgan fingerprint density at radius 1 is 1.82 bits per heavy atom. The molecule has 1 heterocycles. The number of nitrogens with zero attached hydrogens (tertiary/aromatic N) is 1. The number of carbonyl (C=O) groups excluding carboxylic acids is 1. The van der Waals surface area contributed by atoms with Crippen LogP contribution in [0.4, 0.5) is 0 Å². The largest absolute Gasteiger partial charge is 0.386 e. The van der Waals surface area contributed by atoms with Crippen molar-refractivity contribution < 1.29 is 9.90 Å². The van der Waals surface area contributed by atoms with E-state index in [0.717, 1.165) is 0 Å². The van der Waals surface area contributed by atoms with E-state index in [1.807, 2.05) is 0 Å². The van der Waals surface area contributed by atoms with Crippen molar-refractivity contribution in [1.82, 2.24) is 4.90 Å². The van der Waals surface area contributed by atoms with Gasteiger partial charge in [0, 0.05) is 0 Å². The molecule has 0 aromatic carbocycles. The molecule has 1 fully saturated rings. The first-order chi connectivity index (χ1) is 5.05. The molecule has 0 aliphatic carbocycles. The molecule has 3 nitrogen and oxygen atoms in total. The van der Waals surface area contributed by atoms with E-state index < -0.39 is 5.60 Å². The summed E-state index contributed by atoms with van der Waals surface area (Å²) in [6.45, 7) is 2.52. The van der Waals surface area contributed by atoms with E-state index in [2.05, 4.69) is 5.92 Å². The van der Waals surface area contributed by atoms with Crippen LogP contribution in [0.5, 0.6) is 0 Å². The Morgan fingerprint density at radius 3 is 2.73 bits per heavy atom. The molecule has 60 valence electrons. The van der Waals surface area contributed by atoms with Gasteiger partial charge in [-0.05, 0) is 6.92 Å². The highest BCUT2D eigenvalue weighted by atomic mass is 16.3. The second kappa shape index (κ2) is 2.55. The van der Waals surface area contributed by atoms with Gasteiger partial charge in [-0.25, -0.2) is 0 Å². The predicted molar refractivity (Wildman–Crippen MR) is 40.7 cm³/mol. The van der Waals surface area contributed by atoms with E-state index in [4.69, 9.17) is 6.42 Å². The van der Waals surface area contributed by atoms with Crippen LogP contribution in [0.3, 0.4) is 0 Å². The van der Waals surface area contributed by atoms with Crippen molar-refractivity contribution in [3.05, 3.63) is 0 Å². The van der Waals surface area contributed by atoms with Crippen molar-refractivity contribution in [2.24, 2.45) is 0 Å². The first kappa shape index (κ1) is 8.09. The number of hydrogen-bond donors (Lipinski definition) is 1. The number of amides is 1. The van der Waals surface area contributed by atoms with Crippen LogP contribution in [0.15, 0.2) is 0 Å². The van der Waals surface area contributed by atoms with E-state index in [-0.39, 0.29) is 12.3 Å². The van der Waals surface area contributed by atoms with E-state index >= 15 is 0 Å². The second-order valence-corrected chi connectivity index (χ2v) is 3.13. The Balaban J connectivity index is 2.34. The third kappa shape index (κ3) is 1.72. The number of rotatable bonds is 1. The number of terminal acetylenes is 1. The predicted octanol–water partition coefficient (Wildman–Crippen LogP) is -0.397. The standard InChI is InChI=1S/C8H11NO2/c1-3-4-7(10)9-5-8(2,11)6-9/h1,11H,4-6H2,2H3.